The van der Waals surface area contributed by atoms with E-state index in [-0.39, 0.29) is 5.97 Å². The molecule has 0 aliphatic carbocycles. The van der Waals surface area contributed by atoms with Gasteiger partial charge in [-0.1, -0.05) is 13.0 Å². The number of carbonyl (C=O) groups is 1. The number of ether oxygens (including phenoxy) is 2. The molecule has 0 bridgehead atoms. The third-order valence-corrected chi connectivity index (χ3v) is 2.67. The molecule has 0 N–H and O–H groups in total. The van der Waals surface area contributed by atoms with Crippen molar-refractivity contribution < 1.29 is 14.3 Å². The van der Waals surface area contributed by atoms with Crippen molar-refractivity contribution in [2.75, 3.05) is 6.61 Å². The minimum Gasteiger partial charge on any atom is -0.479 e. The number of rotatable bonds is 5. The Bertz CT molecular complexity index is 352. The number of hydrogen-bond acceptors (Lipinski definition) is 3. The fourth-order valence-corrected chi connectivity index (χ4v) is 1.75. The highest BCUT2D eigenvalue weighted by molar-refractivity contribution is 14.1. The molecule has 1 aromatic rings. The van der Waals surface area contributed by atoms with E-state index in [4.69, 9.17) is 9.47 Å². The second kappa shape index (κ2) is 6.73. The Morgan fingerprint density at radius 1 is 1.44 bits per heavy atom. The van der Waals surface area contributed by atoms with Crippen molar-refractivity contribution in [3.63, 3.8) is 0 Å². The van der Waals surface area contributed by atoms with Crippen LogP contribution in [0.4, 0.5) is 0 Å². The lowest BCUT2D eigenvalue weighted by Crippen LogP contribution is -2.28. The average molecular weight is 334 g/mol. The summed E-state index contributed by atoms with van der Waals surface area (Å²) in [7, 11) is 0. The minimum absolute atomic E-state index is 0.302. The second-order valence-electron chi connectivity index (χ2n) is 3.22. The Kier molecular flexibility index (Phi) is 5.59. The highest BCUT2D eigenvalue weighted by atomic mass is 127. The van der Waals surface area contributed by atoms with Crippen LogP contribution in [-0.4, -0.2) is 18.7 Å². The van der Waals surface area contributed by atoms with Gasteiger partial charge in [-0.2, -0.15) is 0 Å². The van der Waals surface area contributed by atoms with Crippen LogP contribution >= 0.6 is 22.6 Å². The molecule has 0 saturated carbocycles. The fourth-order valence-electron chi connectivity index (χ4n) is 1.24. The van der Waals surface area contributed by atoms with Gasteiger partial charge in [-0.15, -0.1) is 0 Å². The first-order valence-electron chi connectivity index (χ1n) is 5.26. The van der Waals surface area contributed by atoms with Gasteiger partial charge in [-0.3, -0.25) is 0 Å². The maximum Gasteiger partial charge on any atom is 0.347 e. The normalized spacial score (nSPS) is 11.9. The molecule has 0 aromatic heterocycles. The van der Waals surface area contributed by atoms with Crippen LogP contribution in [-0.2, 0) is 9.53 Å². The van der Waals surface area contributed by atoms with Crippen molar-refractivity contribution in [2.45, 2.75) is 26.4 Å². The van der Waals surface area contributed by atoms with Crippen molar-refractivity contribution in [1.82, 2.24) is 0 Å². The molecule has 0 spiro atoms. The molecule has 88 valence electrons. The smallest absolute Gasteiger partial charge is 0.347 e. The minimum atomic E-state index is -0.516. The Labute approximate surface area is 109 Å². The zero-order valence-electron chi connectivity index (χ0n) is 9.40. The van der Waals surface area contributed by atoms with Gasteiger partial charge in [0, 0.05) is 3.57 Å². The van der Waals surface area contributed by atoms with E-state index in [2.05, 4.69) is 22.6 Å². The molecule has 0 radical (unpaired) electrons. The lowest BCUT2D eigenvalue weighted by Gasteiger charge is -2.15. The van der Waals surface area contributed by atoms with Crippen molar-refractivity contribution in [1.29, 1.82) is 0 Å². The molecule has 0 saturated heterocycles. The van der Waals surface area contributed by atoms with Crippen LogP contribution in [0.3, 0.4) is 0 Å². The van der Waals surface area contributed by atoms with Gasteiger partial charge >= 0.3 is 5.97 Å². The second-order valence-corrected chi connectivity index (χ2v) is 4.47. The van der Waals surface area contributed by atoms with Gasteiger partial charge < -0.3 is 9.47 Å². The van der Waals surface area contributed by atoms with Gasteiger partial charge in [0.2, 0.25) is 0 Å². The zero-order chi connectivity index (χ0) is 12.0. The average Bonchev–Trinajstić information content (AvgIpc) is 2.26. The first-order chi connectivity index (χ1) is 7.67. The summed E-state index contributed by atoms with van der Waals surface area (Å²) in [5.41, 5.74) is 0. The van der Waals surface area contributed by atoms with Crippen LogP contribution < -0.4 is 4.74 Å². The molecule has 0 fully saturated rings. The van der Waals surface area contributed by atoms with Crippen LogP contribution in [0.5, 0.6) is 5.75 Å². The number of carbonyl (C=O) groups excluding carboxylic acids is 1. The van der Waals surface area contributed by atoms with Gasteiger partial charge in [0.25, 0.3) is 0 Å². The summed E-state index contributed by atoms with van der Waals surface area (Å²) >= 11 is 2.20. The Balaban J connectivity index is 2.66. The van der Waals surface area contributed by atoms with Crippen molar-refractivity contribution in [3.05, 3.63) is 27.8 Å². The summed E-state index contributed by atoms with van der Waals surface area (Å²) in [6.45, 7) is 4.07. The molecule has 1 rings (SSSR count). The summed E-state index contributed by atoms with van der Waals surface area (Å²) in [6.07, 6.45) is 0.0859. The predicted octanol–water partition coefficient (Wildman–Crippen LogP) is 3.01. The highest BCUT2D eigenvalue weighted by Crippen LogP contribution is 2.17. The van der Waals surface area contributed by atoms with E-state index in [1.165, 1.54) is 0 Å². The van der Waals surface area contributed by atoms with Gasteiger partial charge in [0.15, 0.2) is 6.10 Å². The first-order valence-corrected chi connectivity index (χ1v) is 6.34. The number of hydrogen-bond donors (Lipinski definition) is 0. The summed E-state index contributed by atoms with van der Waals surface area (Å²) < 4.78 is 11.6. The molecule has 1 atom stereocenters. The number of benzene rings is 1. The van der Waals surface area contributed by atoms with Crippen LogP contribution in [0.15, 0.2) is 24.3 Å². The lowest BCUT2D eigenvalue weighted by molar-refractivity contribution is -0.151. The lowest BCUT2D eigenvalue weighted by atomic mass is 10.2. The summed E-state index contributed by atoms with van der Waals surface area (Å²) in [6, 6.07) is 7.60. The third-order valence-electron chi connectivity index (χ3n) is 1.99. The Hall–Kier alpha value is -0.780. The SMILES string of the molecule is CCOC(=O)C(CC)Oc1cccc(I)c1. The maximum atomic E-state index is 11.5. The van der Waals surface area contributed by atoms with Gasteiger partial charge in [0.05, 0.1) is 6.61 Å². The summed E-state index contributed by atoms with van der Waals surface area (Å²) in [5, 5.41) is 0. The van der Waals surface area contributed by atoms with E-state index >= 15 is 0 Å². The number of halogens is 1. The van der Waals surface area contributed by atoms with Crippen LogP contribution in [0, 0.1) is 3.57 Å². The first kappa shape index (κ1) is 13.3. The van der Waals surface area contributed by atoms with E-state index in [9.17, 15) is 4.79 Å². The van der Waals surface area contributed by atoms with E-state index in [1.807, 2.05) is 31.2 Å². The molecule has 0 aliphatic rings. The van der Waals surface area contributed by atoms with Crippen LogP contribution in [0.1, 0.15) is 20.3 Å². The Morgan fingerprint density at radius 3 is 2.75 bits per heavy atom. The highest BCUT2D eigenvalue weighted by Gasteiger charge is 2.19. The summed E-state index contributed by atoms with van der Waals surface area (Å²) in [4.78, 5) is 11.5. The topological polar surface area (TPSA) is 35.5 Å². The standard InChI is InChI=1S/C12H15IO3/c1-3-11(12(14)15-4-2)16-10-7-5-6-9(13)8-10/h5-8,11H,3-4H2,1-2H3. The van der Waals surface area contributed by atoms with Crippen molar-refractivity contribution in [2.24, 2.45) is 0 Å². The molecule has 1 unspecified atom stereocenters. The van der Waals surface area contributed by atoms with Crippen molar-refractivity contribution >= 4 is 28.6 Å². The molecule has 0 amide bonds. The molecule has 16 heavy (non-hydrogen) atoms. The van der Waals surface area contributed by atoms with E-state index in [0.717, 1.165) is 3.57 Å². The maximum absolute atomic E-state index is 11.5. The van der Waals surface area contributed by atoms with Crippen LogP contribution in [0.2, 0.25) is 0 Å². The van der Waals surface area contributed by atoms with Gasteiger partial charge in [-0.05, 0) is 54.1 Å². The summed E-state index contributed by atoms with van der Waals surface area (Å²) in [5.74, 6) is 0.399. The van der Waals surface area contributed by atoms with Crippen molar-refractivity contribution in [3.8, 4) is 5.75 Å². The monoisotopic (exact) mass is 334 g/mol. The third kappa shape index (κ3) is 4.00. The quantitative estimate of drug-likeness (QED) is 0.613. The van der Waals surface area contributed by atoms with E-state index in [1.54, 1.807) is 6.92 Å². The molecular formula is C12H15IO3. The molecule has 0 heterocycles. The molecule has 0 aliphatic heterocycles. The molecular weight excluding hydrogens is 319 g/mol. The molecule has 3 nitrogen and oxygen atoms in total. The molecule has 1 aromatic carbocycles. The molecule has 4 heteroatoms. The largest absolute Gasteiger partial charge is 0.479 e. The fraction of sp³-hybridized carbons (Fsp3) is 0.417. The van der Waals surface area contributed by atoms with E-state index < -0.39 is 6.10 Å². The number of esters is 1. The predicted molar refractivity (Wildman–Crippen MR) is 70.5 cm³/mol. The van der Waals surface area contributed by atoms with Gasteiger partial charge in [0.1, 0.15) is 5.75 Å². The zero-order valence-corrected chi connectivity index (χ0v) is 11.6. The Morgan fingerprint density at radius 2 is 2.19 bits per heavy atom. The van der Waals surface area contributed by atoms with Crippen LogP contribution in [0.25, 0.3) is 0 Å². The van der Waals surface area contributed by atoms with Gasteiger partial charge in [-0.25, -0.2) is 4.79 Å². The van der Waals surface area contributed by atoms with E-state index in [0.29, 0.717) is 18.8 Å².